The van der Waals surface area contributed by atoms with Crippen molar-refractivity contribution < 1.29 is 46.5 Å². The van der Waals surface area contributed by atoms with Crippen LogP contribution in [-0.2, 0) is 36.2 Å². The number of hydrogen-bond acceptors (Lipinski definition) is 6. The number of rotatable bonds is 6. The summed E-state index contributed by atoms with van der Waals surface area (Å²) in [5, 5.41) is 19.9. The summed E-state index contributed by atoms with van der Waals surface area (Å²) in [6, 6.07) is 0. The number of carboxylic acids is 2. The van der Waals surface area contributed by atoms with E-state index in [1.165, 1.54) is 0 Å². The molecule has 0 unspecified atom stereocenters. The van der Waals surface area contributed by atoms with Crippen molar-refractivity contribution in [3.8, 4) is 0 Å². The topological polar surface area (TPSA) is 114 Å². The minimum atomic E-state index is -1.29. The van der Waals surface area contributed by atoms with E-state index in [2.05, 4.69) is 0 Å². The first-order valence-corrected chi connectivity index (χ1v) is 7.05. The second-order valence-corrected chi connectivity index (χ2v) is 7.65. The van der Waals surface area contributed by atoms with Gasteiger partial charge in [-0.15, -0.1) is 0 Å². The zero-order chi connectivity index (χ0) is 18.1. The van der Waals surface area contributed by atoms with Gasteiger partial charge in [-0.3, -0.25) is 9.59 Å². The van der Waals surface area contributed by atoms with Gasteiger partial charge in [-0.25, -0.2) is 0 Å². The normalized spacial score (nSPS) is 10.7. The Morgan fingerprint density at radius 1 is 0.652 bits per heavy atom. The molecule has 0 aromatic heterocycles. The molecule has 0 aliphatic carbocycles. The third-order valence-electron chi connectivity index (χ3n) is 2.14. The van der Waals surface area contributed by atoms with Gasteiger partial charge in [0.25, 0.3) is 0 Å². The largest absolute Gasteiger partial charge is 2.00 e. The fourth-order valence-electron chi connectivity index (χ4n) is 1.63. The van der Waals surface area contributed by atoms with E-state index in [1.54, 1.807) is 0 Å². The summed E-state index contributed by atoms with van der Waals surface area (Å²) < 4.78 is 0. The Bertz CT molecular complexity index is 375. The molecule has 0 spiro atoms. The predicted molar refractivity (Wildman–Crippen MR) is 77.4 cm³/mol. The molecule has 0 aliphatic rings. The molecule has 0 bridgehead atoms. The van der Waals surface area contributed by atoms with Crippen molar-refractivity contribution in [2.24, 2.45) is 10.8 Å². The second-order valence-electron chi connectivity index (χ2n) is 7.65. The first kappa shape index (κ1) is 26.7. The van der Waals surface area contributed by atoms with Crippen LogP contribution in [-0.4, -0.2) is 23.5 Å². The van der Waals surface area contributed by atoms with Gasteiger partial charge in [-0.2, -0.15) is 0 Å². The molecule has 0 saturated carbocycles. The molecule has 0 heterocycles. The maximum Gasteiger partial charge on any atom is 2.00 e. The molecular weight excluding hydrogens is 352 g/mol. The van der Waals surface area contributed by atoms with Crippen molar-refractivity contribution in [1.82, 2.24) is 0 Å². The van der Waals surface area contributed by atoms with Gasteiger partial charge in [-0.05, 0) is 10.8 Å². The van der Waals surface area contributed by atoms with Gasteiger partial charge in [-0.1, -0.05) is 41.5 Å². The van der Waals surface area contributed by atoms with Crippen LogP contribution in [0, 0.1) is 10.8 Å². The number of ketones is 2. The molecule has 0 fully saturated rings. The van der Waals surface area contributed by atoms with Crippen LogP contribution in [0.25, 0.3) is 0 Å². The van der Waals surface area contributed by atoms with Gasteiger partial charge in [0, 0.05) is 37.6 Å². The molecule has 0 saturated heterocycles. The molecule has 0 aliphatic heterocycles. The number of hydrogen-bond donors (Lipinski definition) is 0. The summed E-state index contributed by atoms with van der Waals surface area (Å²) in [5.41, 5.74) is -0.265. The Morgan fingerprint density at radius 2 is 0.870 bits per heavy atom. The number of carbonyl (C=O) groups is 4. The minimum Gasteiger partial charge on any atom is -0.550 e. The Hall–Kier alpha value is -1.20. The molecule has 7 heteroatoms. The van der Waals surface area contributed by atoms with Crippen molar-refractivity contribution >= 4 is 23.5 Å². The molecule has 0 amide bonds. The molecule has 0 rings (SSSR count). The van der Waals surface area contributed by atoms with Gasteiger partial charge >= 0.3 is 17.1 Å². The SMILES string of the molecule is CC(C)(C)CC(=O)CC(=O)[O-].CC(C)(C)CC(=O)CC(=O)[O-].[Cu+2]. The fourth-order valence-corrected chi connectivity index (χ4v) is 1.63. The quantitative estimate of drug-likeness (QED) is 0.484. The second kappa shape index (κ2) is 11.4. The van der Waals surface area contributed by atoms with E-state index >= 15 is 0 Å². The number of carbonyl (C=O) groups excluding carboxylic acids is 4. The van der Waals surface area contributed by atoms with Crippen LogP contribution in [0.15, 0.2) is 0 Å². The molecular formula is C16H26CuO6. The first-order valence-electron chi connectivity index (χ1n) is 7.05. The maximum atomic E-state index is 10.8. The van der Waals surface area contributed by atoms with Crippen molar-refractivity contribution in [3.63, 3.8) is 0 Å². The van der Waals surface area contributed by atoms with E-state index in [0.29, 0.717) is 12.8 Å². The summed E-state index contributed by atoms with van der Waals surface area (Å²) in [6.45, 7) is 11.3. The van der Waals surface area contributed by atoms with E-state index in [-0.39, 0.29) is 39.5 Å². The average Bonchev–Trinajstić information content (AvgIpc) is 2.07. The average molecular weight is 378 g/mol. The van der Waals surface area contributed by atoms with E-state index in [4.69, 9.17) is 0 Å². The molecule has 0 aromatic rings. The Balaban J connectivity index is -0.000000333. The number of aliphatic carboxylic acids is 2. The van der Waals surface area contributed by atoms with E-state index in [0.717, 1.165) is 0 Å². The smallest absolute Gasteiger partial charge is 0.550 e. The molecule has 6 nitrogen and oxygen atoms in total. The molecule has 0 atom stereocenters. The van der Waals surface area contributed by atoms with Gasteiger partial charge in [0.05, 0.1) is 0 Å². The summed E-state index contributed by atoms with van der Waals surface area (Å²) in [6.07, 6.45) is -0.337. The summed E-state index contributed by atoms with van der Waals surface area (Å²) >= 11 is 0. The molecule has 0 N–H and O–H groups in total. The minimum absolute atomic E-state index is 0. The summed E-state index contributed by atoms with van der Waals surface area (Å²) in [4.78, 5) is 41.6. The molecule has 137 valence electrons. The van der Waals surface area contributed by atoms with Crippen LogP contribution in [0.4, 0.5) is 0 Å². The monoisotopic (exact) mass is 377 g/mol. The van der Waals surface area contributed by atoms with Crippen LogP contribution in [0.3, 0.4) is 0 Å². The summed E-state index contributed by atoms with van der Waals surface area (Å²) in [7, 11) is 0. The maximum absolute atomic E-state index is 10.8. The van der Waals surface area contributed by atoms with Gasteiger partial charge in [0.2, 0.25) is 0 Å². The first-order chi connectivity index (χ1) is 9.62. The zero-order valence-electron chi connectivity index (χ0n) is 14.6. The van der Waals surface area contributed by atoms with E-state index in [1.807, 2.05) is 41.5 Å². The standard InChI is InChI=1S/2C8H14O3.Cu/c2*1-8(2,3)5-6(9)4-7(10)11;/h2*4-5H2,1-3H3,(H,10,11);/q;;+2/p-2. The van der Waals surface area contributed by atoms with Crippen molar-refractivity contribution in [2.75, 3.05) is 0 Å². The van der Waals surface area contributed by atoms with Crippen LogP contribution in [0.2, 0.25) is 0 Å². The third kappa shape index (κ3) is 26.0. The van der Waals surface area contributed by atoms with Crippen LogP contribution in [0.5, 0.6) is 0 Å². The molecule has 0 aromatic carbocycles. The third-order valence-corrected chi connectivity index (χ3v) is 2.14. The fraction of sp³-hybridized carbons (Fsp3) is 0.750. The molecule has 23 heavy (non-hydrogen) atoms. The Kier molecular flexibility index (Phi) is 13.2. The Labute approximate surface area is 148 Å². The van der Waals surface area contributed by atoms with Crippen molar-refractivity contribution in [1.29, 1.82) is 0 Å². The molecule has 1 radical (unpaired) electrons. The number of carboxylic acid groups (broad SMARTS) is 2. The van der Waals surface area contributed by atoms with Crippen LogP contribution < -0.4 is 10.2 Å². The van der Waals surface area contributed by atoms with Crippen LogP contribution >= 0.6 is 0 Å². The van der Waals surface area contributed by atoms with Crippen molar-refractivity contribution in [3.05, 3.63) is 0 Å². The van der Waals surface area contributed by atoms with E-state index < -0.39 is 24.8 Å². The van der Waals surface area contributed by atoms with Crippen LogP contribution in [0.1, 0.15) is 67.2 Å². The zero-order valence-corrected chi connectivity index (χ0v) is 15.5. The van der Waals surface area contributed by atoms with Gasteiger partial charge < -0.3 is 19.8 Å². The Morgan fingerprint density at radius 3 is 1.00 bits per heavy atom. The van der Waals surface area contributed by atoms with E-state index in [9.17, 15) is 29.4 Å². The predicted octanol–water partition coefficient (Wildman–Crippen LogP) is 0.261. The van der Waals surface area contributed by atoms with Gasteiger partial charge in [0.1, 0.15) is 11.6 Å². The van der Waals surface area contributed by atoms with Gasteiger partial charge in [0.15, 0.2) is 0 Å². The van der Waals surface area contributed by atoms with Crippen molar-refractivity contribution in [2.45, 2.75) is 67.2 Å². The number of Topliss-reactive ketones (excluding diaryl/α,β-unsaturated/α-hetero) is 2. The summed E-state index contributed by atoms with van der Waals surface area (Å²) in [5.74, 6) is -3.12.